The third-order valence-corrected chi connectivity index (χ3v) is 8.15. The number of carbonyl (C=O) groups is 1. The van der Waals surface area contributed by atoms with Crippen molar-refractivity contribution in [1.29, 1.82) is 5.41 Å². The Labute approximate surface area is 252 Å². The standard InChI is InChI=1S/C35H39N5O3/c36-33(37)27-14-16-28(17-15-27)34-39-31-21-29(35(42)38-22-30(23-41)43-24-26-12-5-2-6-13-26)18-19-32(31)40(34)20-8-7-11-25-9-3-1-4-10-25/h1,3-4,9-10,14-19,21,26H,2,5-8,11-13,20,22,24H2,(H3,36,37)(H,38,42). The molecule has 0 aliphatic heterocycles. The topological polar surface area (TPSA) is 123 Å². The van der Waals surface area contributed by atoms with Crippen LogP contribution in [-0.4, -0.2) is 40.4 Å². The molecule has 0 radical (unpaired) electrons. The minimum Gasteiger partial charge on any atom is -0.485 e. The van der Waals surface area contributed by atoms with E-state index in [1.165, 1.54) is 24.8 Å². The van der Waals surface area contributed by atoms with Gasteiger partial charge in [0.05, 0.1) is 24.2 Å². The normalized spacial score (nSPS) is 13.4. The number of nitrogen functional groups attached to an aromatic ring is 1. The van der Waals surface area contributed by atoms with E-state index in [9.17, 15) is 9.59 Å². The van der Waals surface area contributed by atoms with Gasteiger partial charge in [0.15, 0.2) is 11.7 Å². The highest BCUT2D eigenvalue weighted by Crippen LogP contribution is 2.27. The molecular weight excluding hydrogens is 538 g/mol. The van der Waals surface area contributed by atoms with Crippen molar-refractivity contribution in [3.63, 3.8) is 0 Å². The summed E-state index contributed by atoms with van der Waals surface area (Å²) in [6.45, 7) is 1.26. The molecule has 0 unspecified atom stereocenters. The Morgan fingerprint density at radius 2 is 1.74 bits per heavy atom. The number of aryl methyl sites for hydroxylation is 2. The van der Waals surface area contributed by atoms with Gasteiger partial charge in [-0.05, 0) is 61.8 Å². The fourth-order valence-electron chi connectivity index (χ4n) is 5.71. The van der Waals surface area contributed by atoms with E-state index in [-0.39, 0.29) is 24.0 Å². The van der Waals surface area contributed by atoms with Gasteiger partial charge < -0.3 is 20.4 Å². The van der Waals surface area contributed by atoms with Gasteiger partial charge in [0, 0.05) is 23.2 Å². The fourth-order valence-corrected chi connectivity index (χ4v) is 5.71. The van der Waals surface area contributed by atoms with Gasteiger partial charge in [-0.2, -0.15) is 0 Å². The summed E-state index contributed by atoms with van der Waals surface area (Å²) in [5.41, 5.74) is 10.6. The molecule has 4 N–H and O–H groups in total. The predicted octanol–water partition coefficient (Wildman–Crippen LogP) is 6.05. The number of nitrogens with zero attached hydrogens (tertiary/aromatic N) is 2. The van der Waals surface area contributed by atoms with E-state index in [2.05, 4.69) is 34.1 Å². The Kier molecular flexibility index (Phi) is 10.0. The maximum absolute atomic E-state index is 13.0. The van der Waals surface area contributed by atoms with E-state index in [0.29, 0.717) is 29.2 Å². The number of hydrogen-bond donors (Lipinski definition) is 3. The number of imidazole rings is 1. The van der Waals surface area contributed by atoms with Crippen LogP contribution in [0, 0.1) is 11.3 Å². The lowest BCUT2D eigenvalue weighted by molar-refractivity contribution is 0.0938. The van der Waals surface area contributed by atoms with Crippen LogP contribution >= 0.6 is 0 Å². The first-order valence-electron chi connectivity index (χ1n) is 15.2. The molecule has 0 atom stereocenters. The predicted molar refractivity (Wildman–Crippen MR) is 170 cm³/mol. The molecule has 1 aliphatic rings. The number of amides is 1. The third kappa shape index (κ3) is 7.79. The average Bonchev–Trinajstić information content (AvgIpc) is 3.41. The Morgan fingerprint density at radius 1 is 1.00 bits per heavy atom. The van der Waals surface area contributed by atoms with Gasteiger partial charge in [-0.15, -0.1) is 0 Å². The molecule has 8 nitrogen and oxygen atoms in total. The first-order valence-corrected chi connectivity index (χ1v) is 15.2. The molecule has 1 aromatic heterocycles. The molecule has 43 heavy (non-hydrogen) atoms. The number of benzene rings is 3. The van der Waals surface area contributed by atoms with Crippen molar-refractivity contribution >= 4 is 28.7 Å². The summed E-state index contributed by atoms with van der Waals surface area (Å²) in [6, 6.07) is 23.5. The fraction of sp³-hybridized carbons (Fsp3) is 0.343. The van der Waals surface area contributed by atoms with Gasteiger partial charge >= 0.3 is 0 Å². The van der Waals surface area contributed by atoms with Crippen molar-refractivity contribution < 1.29 is 14.3 Å². The molecule has 1 fully saturated rings. The van der Waals surface area contributed by atoms with Crippen molar-refractivity contribution in [1.82, 2.24) is 14.9 Å². The van der Waals surface area contributed by atoms with Crippen LogP contribution in [-0.2, 0) is 22.5 Å². The summed E-state index contributed by atoms with van der Waals surface area (Å²) >= 11 is 0. The molecule has 5 rings (SSSR count). The zero-order chi connectivity index (χ0) is 30.0. The first-order chi connectivity index (χ1) is 21.0. The molecule has 4 aromatic rings. The van der Waals surface area contributed by atoms with Crippen molar-refractivity contribution in [2.24, 2.45) is 11.7 Å². The van der Waals surface area contributed by atoms with Crippen LogP contribution in [0.4, 0.5) is 0 Å². The van der Waals surface area contributed by atoms with E-state index < -0.39 is 0 Å². The van der Waals surface area contributed by atoms with Crippen LogP contribution in [0.25, 0.3) is 22.4 Å². The molecule has 0 bridgehead atoms. The quantitative estimate of drug-likeness (QED) is 0.0587. The number of rotatable bonds is 13. The number of nitrogens with one attached hydrogen (secondary N) is 2. The number of aromatic nitrogens is 2. The lowest BCUT2D eigenvalue weighted by Gasteiger charge is -2.21. The van der Waals surface area contributed by atoms with Crippen molar-refractivity contribution in [2.75, 3.05) is 13.2 Å². The zero-order valence-electron chi connectivity index (χ0n) is 24.5. The SMILES string of the molecule is N=C(N)c1ccc(-c2nc3cc(C(=O)NCC(=C=O)OCC4CCCCC4)ccc3n2CCCCc2ccccc2)cc1. The first kappa shape index (κ1) is 29.8. The highest BCUT2D eigenvalue weighted by atomic mass is 16.5. The van der Waals surface area contributed by atoms with Crippen LogP contribution in [0.15, 0.2) is 78.6 Å². The van der Waals surface area contributed by atoms with Gasteiger partial charge in [-0.25, -0.2) is 9.78 Å². The minimum atomic E-state index is -0.305. The average molecular weight is 578 g/mol. The Hall–Kier alpha value is -4.68. The number of ether oxygens (including phenoxy) is 1. The molecule has 1 saturated carbocycles. The number of nitrogens with two attached hydrogens (primary N) is 1. The Morgan fingerprint density at radius 3 is 2.47 bits per heavy atom. The summed E-state index contributed by atoms with van der Waals surface area (Å²) in [5.74, 6) is 2.93. The summed E-state index contributed by atoms with van der Waals surface area (Å²) in [5, 5.41) is 10.5. The maximum atomic E-state index is 13.0. The molecule has 1 aliphatic carbocycles. The maximum Gasteiger partial charge on any atom is 0.251 e. The molecule has 0 saturated heterocycles. The van der Waals surface area contributed by atoms with E-state index in [1.807, 2.05) is 42.3 Å². The van der Waals surface area contributed by atoms with E-state index in [4.69, 9.17) is 20.9 Å². The van der Waals surface area contributed by atoms with Crippen LogP contribution in [0.2, 0.25) is 0 Å². The van der Waals surface area contributed by atoms with Crippen LogP contribution in [0.5, 0.6) is 0 Å². The lowest BCUT2D eigenvalue weighted by atomic mass is 9.90. The minimum absolute atomic E-state index is 0.00328. The number of carbonyl (C=O) groups excluding carboxylic acids is 2. The molecule has 222 valence electrons. The molecule has 0 spiro atoms. The van der Waals surface area contributed by atoms with Crippen LogP contribution in [0.3, 0.4) is 0 Å². The molecular formula is C35H39N5O3. The van der Waals surface area contributed by atoms with Gasteiger partial charge in [0.25, 0.3) is 5.91 Å². The van der Waals surface area contributed by atoms with Crippen molar-refractivity contribution in [2.45, 2.75) is 57.9 Å². The summed E-state index contributed by atoms with van der Waals surface area (Å²) < 4.78 is 7.89. The van der Waals surface area contributed by atoms with E-state index >= 15 is 0 Å². The van der Waals surface area contributed by atoms with E-state index in [1.54, 1.807) is 12.1 Å². The van der Waals surface area contributed by atoms with Gasteiger partial charge in [-0.3, -0.25) is 10.2 Å². The number of unbranched alkanes of at least 4 members (excludes halogenated alkanes) is 1. The largest absolute Gasteiger partial charge is 0.485 e. The molecule has 1 amide bonds. The molecule has 8 heteroatoms. The van der Waals surface area contributed by atoms with Crippen LogP contribution in [0.1, 0.15) is 66.4 Å². The van der Waals surface area contributed by atoms with Gasteiger partial charge in [-0.1, -0.05) is 73.9 Å². The highest BCUT2D eigenvalue weighted by molar-refractivity contribution is 5.98. The van der Waals surface area contributed by atoms with Crippen molar-refractivity contribution in [3.05, 3.63) is 95.2 Å². The zero-order valence-corrected chi connectivity index (χ0v) is 24.5. The van der Waals surface area contributed by atoms with Crippen LogP contribution < -0.4 is 11.1 Å². The smallest absolute Gasteiger partial charge is 0.251 e. The van der Waals surface area contributed by atoms with Crippen molar-refractivity contribution in [3.8, 4) is 11.4 Å². The Bertz CT molecular complexity index is 1600. The Balaban J connectivity index is 1.30. The summed E-state index contributed by atoms with van der Waals surface area (Å²) in [6.07, 6.45) is 8.87. The van der Waals surface area contributed by atoms with E-state index in [0.717, 1.165) is 55.6 Å². The third-order valence-electron chi connectivity index (χ3n) is 8.15. The number of fused-ring (bicyclic) bond motifs is 1. The second-order valence-electron chi connectivity index (χ2n) is 11.2. The van der Waals surface area contributed by atoms with Gasteiger partial charge in [0.2, 0.25) is 0 Å². The number of amidine groups is 1. The number of hydrogen-bond acceptors (Lipinski definition) is 5. The van der Waals surface area contributed by atoms with Gasteiger partial charge in [0.1, 0.15) is 11.7 Å². The second kappa shape index (κ2) is 14.5. The second-order valence-corrected chi connectivity index (χ2v) is 11.2. The lowest BCUT2D eigenvalue weighted by Crippen LogP contribution is -2.27. The monoisotopic (exact) mass is 577 g/mol. The molecule has 1 heterocycles. The molecule has 3 aromatic carbocycles. The summed E-state index contributed by atoms with van der Waals surface area (Å²) in [7, 11) is 0. The highest BCUT2D eigenvalue weighted by Gasteiger charge is 2.17. The summed E-state index contributed by atoms with van der Waals surface area (Å²) in [4.78, 5) is 29.4.